The number of benzene rings is 1. The molecule has 2 rings (SSSR count). The zero-order chi connectivity index (χ0) is 17.2. The predicted octanol–water partition coefficient (Wildman–Crippen LogP) is 1.05. The highest BCUT2D eigenvalue weighted by Crippen LogP contribution is 2.08. The molecule has 0 aliphatic carbocycles. The number of aromatic nitrogens is 3. The smallest absolute Gasteiger partial charge is 0.315 e. The van der Waals surface area contributed by atoms with Gasteiger partial charge in [-0.05, 0) is 18.4 Å². The second-order valence-electron chi connectivity index (χ2n) is 5.38. The highest BCUT2D eigenvalue weighted by atomic mass is 16.4. The molecule has 128 valence electrons. The summed E-state index contributed by atoms with van der Waals surface area (Å²) in [5.74, 6) is -0.874. The van der Waals surface area contributed by atoms with E-state index in [0.717, 1.165) is 5.56 Å². The maximum atomic E-state index is 12.0. The highest BCUT2D eigenvalue weighted by Gasteiger charge is 2.14. The van der Waals surface area contributed by atoms with Crippen LogP contribution in [0.5, 0.6) is 0 Å². The van der Waals surface area contributed by atoms with Crippen LogP contribution in [-0.4, -0.2) is 44.5 Å². The van der Waals surface area contributed by atoms with Gasteiger partial charge >= 0.3 is 12.0 Å². The third-order valence-electron chi connectivity index (χ3n) is 3.46. The molecule has 24 heavy (non-hydrogen) atoms. The molecule has 8 heteroatoms. The first-order chi connectivity index (χ1) is 11.6. The van der Waals surface area contributed by atoms with Crippen molar-refractivity contribution >= 4 is 12.0 Å². The van der Waals surface area contributed by atoms with Crippen molar-refractivity contribution in [2.75, 3.05) is 6.54 Å². The summed E-state index contributed by atoms with van der Waals surface area (Å²) in [4.78, 5) is 26.6. The van der Waals surface area contributed by atoms with Crippen molar-refractivity contribution in [2.24, 2.45) is 0 Å². The number of hydrogen-bond acceptors (Lipinski definition) is 4. The molecule has 0 saturated carbocycles. The number of carboxylic acid groups (broad SMARTS) is 1. The lowest BCUT2D eigenvalue weighted by Gasteiger charge is -2.18. The molecule has 2 aromatic rings. The third kappa shape index (κ3) is 6.47. The van der Waals surface area contributed by atoms with Gasteiger partial charge in [-0.2, -0.15) is 5.10 Å². The van der Waals surface area contributed by atoms with E-state index in [1.165, 1.54) is 6.33 Å². The first kappa shape index (κ1) is 17.5. The Kier molecular flexibility index (Phi) is 6.75. The van der Waals surface area contributed by atoms with Gasteiger partial charge in [0.1, 0.15) is 12.7 Å². The summed E-state index contributed by atoms with van der Waals surface area (Å²) < 4.78 is 1.62. The molecule has 1 unspecified atom stereocenters. The molecular formula is C16H21N5O3. The van der Waals surface area contributed by atoms with Crippen LogP contribution >= 0.6 is 0 Å². The minimum absolute atomic E-state index is 0.0107. The lowest BCUT2D eigenvalue weighted by Crippen LogP contribution is -2.44. The molecule has 8 nitrogen and oxygen atoms in total. The number of rotatable bonds is 9. The van der Waals surface area contributed by atoms with E-state index in [-0.39, 0.29) is 18.5 Å². The van der Waals surface area contributed by atoms with E-state index in [2.05, 4.69) is 20.7 Å². The number of carbonyl (C=O) groups is 2. The zero-order valence-electron chi connectivity index (χ0n) is 13.3. The maximum absolute atomic E-state index is 12.0. The van der Waals surface area contributed by atoms with E-state index in [0.29, 0.717) is 25.9 Å². The van der Waals surface area contributed by atoms with Gasteiger partial charge in [-0.3, -0.25) is 9.48 Å². The Morgan fingerprint density at radius 2 is 2.04 bits per heavy atom. The van der Waals surface area contributed by atoms with E-state index in [4.69, 9.17) is 5.11 Å². The average Bonchev–Trinajstić information content (AvgIpc) is 3.07. The number of nitrogens with one attached hydrogen (secondary N) is 2. The van der Waals surface area contributed by atoms with E-state index in [1.54, 1.807) is 11.0 Å². The minimum Gasteiger partial charge on any atom is -0.481 e. The summed E-state index contributed by atoms with van der Waals surface area (Å²) in [6, 6.07) is 9.11. The van der Waals surface area contributed by atoms with E-state index in [1.807, 2.05) is 30.3 Å². The Morgan fingerprint density at radius 3 is 2.71 bits per heavy atom. The molecule has 1 aromatic heterocycles. The van der Waals surface area contributed by atoms with Crippen LogP contribution in [0.15, 0.2) is 43.0 Å². The fourth-order valence-corrected chi connectivity index (χ4v) is 2.29. The number of aliphatic carboxylic acids is 1. The lowest BCUT2D eigenvalue weighted by molar-refractivity contribution is -0.137. The molecule has 0 aliphatic rings. The SMILES string of the molecule is O=C(O)CCC(Cc1ccccc1)NC(=O)NCCn1cncn1. The van der Waals surface area contributed by atoms with E-state index in [9.17, 15) is 9.59 Å². The van der Waals surface area contributed by atoms with Crippen molar-refractivity contribution in [1.82, 2.24) is 25.4 Å². The van der Waals surface area contributed by atoms with Gasteiger partial charge in [0, 0.05) is 19.0 Å². The summed E-state index contributed by atoms with van der Waals surface area (Å²) >= 11 is 0. The average molecular weight is 331 g/mol. The van der Waals surface area contributed by atoms with Gasteiger partial charge < -0.3 is 15.7 Å². The van der Waals surface area contributed by atoms with Crippen LogP contribution in [-0.2, 0) is 17.8 Å². The Balaban J connectivity index is 1.81. The Morgan fingerprint density at radius 1 is 1.25 bits per heavy atom. The molecular weight excluding hydrogens is 310 g/mol. The summed E-state index contributed by atoms with van der Waals surface area (Å²) in [7, 11) is 0. The molecule has 0 spiro atoms. The van der Waals surface area contributed by atoms with Crippen LogP contribution in [0.2, 0.25) is 0 Å². The van der Waals surface area contributed by atoms with Gasteiger partial charge in [0.2, 0.25) is 0 Å². The van der Waals surface area contributed by atoms with Crippen molar-refractivity contribution in [3.05, 3.63) is 48.5 Å². The maximum Gasteiger partial charge on any atom is 0.315 e. The van der Waals surface area contributed by atoms with Crippen molar-refractivity contribution in [2.45, 2.75) is 31.8 Å². The molecule has 1 atom stereocenters. The largest absolute Gasteiger partial charge is 0.481 e. The van der Waals surface area contributed by atoms with Crippen LogP contribution in [0, 0.1) is 0 Å². The molecule has 1 heterocycles. The first-order valence-electron chi connectivity index (χ1n) is 7.76. The quantitative estimate of drug-likeness (QED) is 0.636. The van der Waals surface area contributed by atoms with Gasteiger partial charge in [-0.15, -0.1) is 0 Å². The number of urea groups is 1. The fraction of sp³-hybridized carbons (Fsp3) is 0.375. The Hall–Kier alpha value is -2.90. The molecule has 0 radical (unpaired) electrons. The second-order valence-corrected chi connectivity index (χ2v) is 5.38. The topological polar surface area (TPSA) is 109 Å². The van der Waals surface area contributed by atoms with Gasteiger partial charge in [-0.25, -0.2) is 9.78 Å². The van der Waals surface area contributed by atoms with Crippen LogP contribution in [0.1, 0.15) is 18.4 Å². The normalized spacial score (nSPS) is 11.7. The summed E-state index contributed by atoms with van der Waals surface area (Å²) in [5, 5.41) is 18.4. The van der Waals surface area contributed by atoms with Crippen LogP contribution in [0.25, 0.3) is 0 Å². The van der Waals surface area contributed by atoms with Crippen molar-refractivity contribution in [3.63, 3.8) is 0 Å². The second kappa shape index (κ2) is 9.29. The molecule has 0 fully saturated rings. The zero-order valence-corrected chi connectivity index (χ0v) is 13.3. The number of carbonyl (C=O) groups excluding carboxylic acids is 1. The third-order valence-corrected chi connectivity index (χ3v) is 3.46. The lowest BCUT2D eigenvalue weighted by atomic mass is 10.0. The number of hydrogen-bond donors (Lipinski definition) is 3. The number of nitrogens with zero attached hydrogens (tertiary/aromatic N) is 3. The summed E-state index contributed by atoms with van der Waals surface area (Å²) in [5.41, 5.74) is 1.05. The van der Waals surface area contributed by atoms with Gasteiger partial charge in [-0.1, -0.05) is 30.3 Å². The molecule has 0 aliphatic heterocycles. The summed E-state index contributed by atoms with van der Waals surface area (Å²) in [6.45, 7) is 0.929. The van der Waals surface area contributed by atoms with Crippen molar-refractivity contribution < 1.29 is 14.7 Å². The van der Waals surface area contributed by atoms with Crippen molar-refractivity contribution in [1.29, 1.82) is 0 Å². The van der Waals surface area contributed by atoms with Crippen LogP contribution in [0.3, 0.4) is 0 Å². The number of carboxylic acids is 1. The Bertz CT molecular complexity index is 630. The van der Waals surface area contributed by atoms with Crippen molar-refractivity contribution in [3.8, 4) is 0 Å². The Labute approximate surface area is 139 Å². The first-order valence-corrected chi connectivity index (χ1v) is 7.76. The molecule has 3 N–H and O–H groups in total. The van der Waals surface area contributed by atoms with Gasteiger partial charge in [0.15, 0.2) is 0 Å². The van der Waals surface area contributed by atoms with Crippen LogP contribution in [0.4, 0.5) is 4.79 Å². The van der Waals surface area contributed by atoms with E-state index < -0.39 is 5.97 Å². The molecule has 1 aromatic carbocycles. The van der Waals surface area contributed by atoms with Gasteiger partial charge in [0.05, 0.1) is 6.54 Å². The summed E-state index contributed by atoms with van der Waals surface area (Å²) in [6.07, 6.45) is 3.98. The predicted molar refractivity (Wildman–Crippen MR) is 87.4 cm³/mol. The fourth-order valence-electron chi connectivity index (χ4n) is 2.29. The van der Waals surface area contributed by atoms with E-state index >= 15 is 0 Å². The number of amides is 2. The van der Waals surface area contributed by atoms with Gasteiger partial charge in [0.25, 0.3) is 0 Å². The molecule has 2 amide bonds. The molecule has 0 bridgehead atoms. The highest BCUT2D eigenvalue weighted by molar-refractivity contribution is 5.74. The van der Waals surface area contributed by atoms with Crippen LogP contribution < -0.4 is 10.6 Å². The standard InChI is InChI=1S/C16H21N5O3/c22-15(23)7-6-14(10-13-4-2-1-3-5-13)20-16(24)18-8-9-21-12-17-11-19-21/h1-5,11-12,14H,6-10H2,(H,22,23)(H2,18,20,24). The minimum atomic E-state index is -0.874. The molecule has 0 saturated heterocycles. The monoisotopic (exact) mass is 331 g/mol.